The molecule has 2 aromatic rings. The van der Waals surface area contributed by atoms with E-state index in [4.69, 9.17) is 9.47 Å². The Balaban J connectivity index is 1.48. The van der Waals surface area contributed by atoms with Gasteiger partial charge in [-0.3, -0.25) is 14.4 Å². The number of nitrogens with zero attached hydrogens (tertiary/aromatic N) is 1. The van der Waals surface area contributed by atoms with Crippen LogP contribution in [0.1, 0.15) is 41.8 Å². The Bertz CT molecular complexity index is 1080. The zero-order valence-corrected chi connectivity index (χ0v) is 19.9. The zero-order chi connectivity index (χ0) is 24.8. The molecule has 0 saturated carbocycles. The van der Waals surface area contributed by atoms with E-state index in [2.05, 4.69) is 5.32 Å². The second kappa shape index (κ2) is 11.0. The van der Waals surface area contributed by atoms with Crippen molar-refractivity contribution in [3.05, 3.63) is 59.2 Å². The van der Waals surface area contributed by atoms with E-state index in [9.17, 15) is 19.2 Å². The average Bonchev–Trinajstić information content (AvgIpc) is 3.17. The molecule has 0 aromatic heterocycles. The Morgan fingerprint density at radius 2 is 1.76 bits per heavy atom. The second-order valence-corrected chi connectivity index (χ2v) is 8.92. The maximum Gasteiger partial charge on any atom is 0.338 e. The lowest BCUT2D eigenvalue weighted by molar-refractivity contribution is -0.151. The van der Waals surface area contributed by atoms with Crippen LogP contribution >= 0.6 is 0 Å². The van der Waals surface area contributed by atoms with Crippen molar-refractivity contribution >= 4 is 35.1 Å². The van der Waals surface area contributed by atoms with Gasteiger partial charge in [0.25, 0.3) is 5.91 Å². The van der Waals surface area contributed by atoms with Gasteiger partial charge in [-0.2, -0.15) is 0 Å². The molecule has 1 heterocycles. The van der Waals surface area contributed by atoms with E-state index in [0.717, 1.165) is 16.8 Å². The van der Waals surface area contributed by atoms with Gasteiger partial charge >= 0.3 is 11.9 Å². The van der Waals surface area contributed by atoms with Crippen LogP contribution in [-0.2, 0) is 23.9 Å². The Morgan fingerprint density at radius 3 is 2.41 bits per heavy atom. The predicted octanol–water partition coefficient (Wildman–Crippen LogP) is 3.65. The number of rotatable bonds is 8. The first-order valence-electron chi connectivity index (χ1n) is 11.3. The van der Waals surface area contributed by atoms with Crippen LogP contribution < -0.4 is 10.2 Å². The molecule has 1 fully saturated rings. The highest BCUT2D eigenvalue weighted by Gasteiger charge is 2.36. The van der Waals surface area contributed by atoms with Gasteiger partial charge in [-0.15, -0.1) is 0 Å². The molecular formula is C26H30N2O6. The Hall–Kier alpha value is -3.68. The van der Waals surface area contributed by atoms with E-state index >= 15 is 0 Å². The van der Waals surface area contributed by atoms with Crippen LogP contribution in [0.2, 0.25) is 0 Å². The second-order valence-electron chi connectivity index (χ2n) is 8.92. The summed E-state index contributed by atoms with van der Waals surface area (Å²) >= 11 is 0. The topological polar surface area (TPSA) is 102 Å². The van der Waals surface area contributed by atoms with Crippen molar-refractivity contribution in [2.24, 2.45) is 11.8 Å². The molecule has 1 atom stereocenters. The van der Waals surface area contributed by atoms with Crippen molar-refractivity contribution in [1.29, 1.82) is 0 Å². The highest BCUT2D eigenvalue weighted by molar-refractivity contribution is 6.00. The number of carbonyl (C=O) groups excluding carboxylic acids is 4. The van der Waals surface area contributed by atoms with E-state index in [0.29, 0.717) is 17.9 Å². The van der Waals surface area contributed by atoms with Crippen LogP contribution in [0.5, 0.6) is 0 Å². The number of hydrogen-bond acceptors (Lipinski definition) is 6. The first-order chi connectivity index (χ1) is 16.1. The first kappa shape index (κ1) is 25.0. The lowest BCUT2D eigenvalue weighted by atomic mass is 10.1. The molecule has 8 heteroatoms. The fraction of sp³-hybridized carbons (Fsp3) is 0.385. The number of anilines is 2. The number of aryl methyl sites for hydroxylation is 2. The van der Waals surface area contributed by atoms with Gasteiger partial charge in [0.1, 0.15) is 0 Å². The van der Waals surface area contributed by atoms with Crippen LogP contribution in [0.25, 0.3) is 0 Å². The number of ether oxygens (including phenoxy) is 2. The summed E-state index contributed by atoms with van der Waals surface area (Å²) in [6.07, 6.45) is 0.0438. The molecular weight excluding hydrogens is 436 g/mol. The smallest absolute Gasteiger partial charge is 0.338 e. The fourth-order valence-corrected chi connectivity index (χ4v) is 3.67. The third-order valence-electron chi connectivity index (χ3n) is 5.40. The summed E-state index contributed by atoms with van der Waals surface area (Å²) < 4.78 is 10.3. The van der Waals surface area contributed by atoms with Gasteiger partial charge in [0.2, 0.25) is 5.91 Å². The van der Waals surface area contributed by atoms with Crippen molar-refractivity contribution < 1.29 is 28.7 Å². The molecule has 1 saturated heterocycles. The summed E-state index contributed by atoms with van der Waals surface area (Å²) in [7, 11) is 0. The molecule has 180 valence electrons. The van der Waals surface area contributed by atoms with Gasteiger partial charge in [0.15, 0.2) is 6.61 Å². The lowest BCUT2D eigenvalue weighted by Gasteiger charge is -2.19. The van der Waals surface area contributed by atoms with Crippen LogP contribution in [0.15, 0.2) is 42.5 Å². The Labute approximate surface area is 199 Å². The third kappa shape index (κ3) is 6.43. The van der Waals surface area contributed by atoms with Gasteiger partial charge in [-0.05, 0) is 55.7 Å². The molecule has 1 aliphatic heterocycles. The highest BCUT2D eigenvalue weighted by Crippen LogP contribution is 2.29. The van der Waals surface area contributed by atoms with Crippen molar-refractivity contribution in [3.8, 4) is 0 Å². The lowest BCUT2D eigenvalue weighted by Crippen LogP contribution is -2.28. The molecule has 1 N–H and O–H groups in total. The van der Waals surface area contributed by atoms with Gasteiger partial charge in [-0.1, -0.05) is 31.5 Å². The van der Waals surface area contributed by atoms with Gasteiger partial charge in [0.05, 0.1) is 18.1 Å². The molecule has 0 radical (unpaired) electrons. The normalized spacial score (nSPS) is 15.4. The van der Waals surface area contributed by atoms with Crippen molar-refractivity contribution in [1.82, 2.24) is 0 Å². The summed E-state index contributed by atoms with van der Waals surface area (Å²) in [4.78, 5) is 50.7. The highest BCUT2D eigenvalue weighted by atomic mass is 16.5. The average molecular weight is 467 g/mol. The van der Waals surface area contributed by atoms with Crippen LogP contribution in [0.3, 0.4) is 0 Å². The number of benzene rings is 2. The maximum absolute atomic E-state index is 12.5. The standard InChI is InChI=1S/C26H30N2O6/c1-16(2)14-33-25(31)19-6-8-21(9-7-19)27-23(29)15-34-26(32)20-12-24(30)28(13-20)22-10-5-17(3)11-18(22)4/h5-11,16,20H,12-15H2,1-4H3,(H,27,29)/t20-/m0/s1. The summed E-state index contributed by atoms with van der Waals surface area (Å²) in [5.74, 6) is -2.07. The number of nitrogens with one attached hydrogen (secondary N) is 1. The largest absolute Gasteiger partial charge is 0.462 e. The molecule has 0 spiro atoms. The summed E-state index contributed by atoms with van der Waals surface area (Å²) in [5.41, 5.74) is 3.67. The van der Waals surface area contributed by atoms with Crippen molar-refractivity contribution in [2.75, 3.05) is 30.0 Å². The first-order valence-corrected chi connectivity index (χ1v) is 11.3. The SMILES string of the molecule is Cc1ccc(N2C[C@@H](C(=O)OCC(=O)Nc3ccc(C(=O)OCC(C)C)cc3)CC2=O)c(C)c1. The fourth-order valence-electron chi connectivity index (χ4n) is 3.67. The molecule has 0 aliphatic carbocycles. The summed E-state index contributed by atoms with van der Waals surface area (Å²) in [6, 6.07) is 12.0. The quantitative estimate of drug-likeness (QED) is 0.596. The van der Waals surface area contributed by atoms with Crippen LogP contribution in [-0.4, -0.2) is 43.5 Å². The minimum Gasteiger partial charge on any atom is -0.462 e. The molecule has 0 unspecified atom stereocenters. The van der Waals surface area contributed by atoms with Gasteiger partial charge in [-0.25, -0.2) is 4.79 Å². The van der Waals surface area contributed by atoms with E-state index < -0.39 is 30.4 Å². The maximum atomic E-state index is 12.5. The number of esters is 2. The van der Waals surface area contributed by atoms with Crippen LogP contribution in [0.4, 0.5) is 11.4 Å². The van der Waals surface area contributed by atoms with Crippen molar-refractivity contribution in [2.45, 2.75) is 34.1 Å². The Morgan fingerprint density at radius 1 is 1.06 bits per heavy atom. The summed E-state index contributed by atoms with van der Waals surface area (Å²) in [5, 5.41) is 2.61. The van der Waals surface area contributed by atoms with E-state index in [1.165, 1.54) is 0 Å². The number of carbonyl (C=O) groups is 4. The van der Waals surface area contributed by atoms with E-state index in [1.807, 2.05) is 45.9 Å². The minimum atomic E-state index is -0.628. The molecule has 34 heavy (non-hydrogen) atoms. The zero-order valence-electron chi connectivity index (χ0n) is 19.9. The molecule has 3 rings (SSSR count). The van der Waals surface area contributed by atoms with E-state index in [-0.39, 0.29) is 24.8 Å². The molecule has 2 amide bonds. The number of hydrogen-bond donors (Lipinski definition) is 1. The van der Waals surface area contributed by atoms with Crippen LogP contribution in [0, 0.1) is 25.7 Å². The van der Waals surface area contributed by atoms with Gasteiger partial charge in [0, 0.05) is 24.3 Å². The Kier molecular flexibility index (Phi) is 8.04. The molecule has 0 bridgehead atoms. The third-order valence-corrected chi connectivity index (χ3v) is 5.40. The van der Waals surface area contributed by atoms with Crippen molar-refractivity contribution in [3.63, 3.8) is 0 Å². The molecule has 1 aliphatic rings. The predicted molar refractivity (Wildman–Crippen MR) is 128 cm³/mol. The molecule has 2 aromatic carbocycles. The number of amides is 2. The van der Waals surface area contributed by atoms with Gasteiger partial charge < -0.3 is 19.7 Å². The monoisotopic (exact) mass is 466 g/mol. The summed E-state index contributed by atoms with van der Waals surface area (Å²) in [6.45, 7) is 7.88. The minimum absolute atomic E-state index is 0.0438. The molecule has 8 nitrogen and oxygen atoms in total. The van der Waals surface area contributed by atoms with E-state index in [1.54, 1.807) is 29.2 Å².